The maximum Gasteiger partial charge on any atom is 0.250 e. The van der Waals surface area contributed by atoms with Gasteiger partial charge in [0.1, 0.15) is 5.65 Å². The van der Waals surface area contributed by atoms with Gasteiger partial charge in [0, 0.05) is 41.3 Å². The molecule has 3 aromatic rings. The van der Waals surface area contributed by atoms with E-state index in [0.717, 1.165) is 10.9 Å². The number of hydrogen-bond donors (Lipinski definition) is 2. The number of amides is 1. The first-order valence-corrected chi connectivity index (χ1v) is 5.43. The summed E-state index contributed by atoms with van der Waals surface area (Å²) in [4.78, 5) is 22.9. The molecule has 3 N–H and O–H groups in total. The zero-order valence-electron chi connectivity index (χ0n) is 9.42. The summed E-state index contributed by atoms with van der Waals surface area (Å²) < 4.78 is 0. The van der Waals surface area contributed by atoms with Gasteiger partial charge in [0.2, 0.25) is 5.91 Å². The van der Waals surface area contributed by atoms with Crippen LogP contribution in [-0.2, 0) is 0 Å². The standard InChI is InChI=1S/C13H10N4O/c14-12(18)11-9-3-5-16-13(9)17-7-10(11)8-2-1-4-15-6-8/h1-7H,(H2,14,18)(H,16,17). The Morgan fingerprint density at radius 1 is 1.28 bits per heavy atom. The van der Waals surface area contributed by atoms with Crippen LogP contribution >= 0.6 is 0 Å². The average Bonchev–Trinajstić information content (AvgIpc) is 2.86. The number of nitrogens with two attached hydrogens (primary N) is 1. The van der Waals surface area contributed by atoms with E-state index in [1.165, 1.54) is 0 Å². The molecule has 3 heterocycles. The van der Waals surface area contributed by atoms with Crippen LogP contribution in [0.25, 0.3) is 22.2 Å². The first kappa shape index (κ1) is 10.5. The van der Waals surface area contributed by atoms with Gasteiger partial charge >= 0.3 is 0 Å². The van der Waals surface area contributed by atoms with E-state index < -0.39 is 5.91 Å². The molecule has 0 bridgehead atoms. The number of aromatic amines is 1. The van der Waals surface area contributed by atoms with Gasteiger partial charge in [-0.25, -0.2) is 4.98 Å². The number of carbonyl (C=O) groups excluding carboxylic acids is 1. The quantitative estimate of drug-likeness (QED) is 0.712. The van der Waals surface area contributed by atoms with Crippen molar-refractivity contribution in [3.05, 3.63) is 48.5 Å². The fraction of sp³-hybridized carbons (Fsp3) is 0. The number of rotatable bonds is 2. The van der Waals surface area contributed by atoms with E-state index in [1.54, 1.807) is 36.9 Å². The summed E-state index contributed by atoms with van der Waals surface area (Å²) in [6, 6.07) is 5.47. The van der Waals surface area contributed by atoms with Gasteiger partial charge in [0.15, 0.2) is 0 Å². The van der Waals surface area contributed by atoms with E-state index in [9.17, 15) is 4.79 Å². The van der Waals surface area contributed by atoms with Crippen molar-refractivity contribution in [2.24, 2.45) is 5.73 Å². The van der Waals surface area contributed by atoms with Gasteiger partial charge < -0.3 is 10.7 Å². The second-order valence-corrected chi connectivity index (χ2v) is 3.89. The van der Waals surface area contributed by atoms with Gasteiger partial charge in [0.25, 0.3) is 0 Å². The first-order valence-electron chi connectivity index (χ1n) is 5.43. The van der Waals surface area contributed by atoms with Crippen LogP contribution in [0, 0.1) is 0 Å². The van der Waals surface area contributed by atoms with Gasteiger partial charge in [-0.05, 0) is 12.1 Å². The van der Waals surface area contributed by atoms with Crippen LogP contribution in [0.2, 0.25) is 0 Å². The molecule has 0 unspecified atom stereocenters. The number of nitrogens with zero attached hydrogens (tertiary/aromatic N) is 2. The molecule has 0 aromatic carbocycles. The number of fused-ring (bicyclic) bond motifs is 1. The number of nitrogens with one attached hydrogen (secondary N) is 1. The largest absolute Gasteiger partial charge is 0.366 e. The topological polar surface area (TPSA) is 84.7 Å². The molecule has 0 radical (unpaired) electrons. The molecule has 88 valence electrons. The van der Waals surface area contributed by atoms with Crippen molar-refractivity contribution < 1.29 is 4.79 Å². The van der Waals surface area contributed by atoms with Crippen LogP contribution in [0.3, 0.4) is 0 Å². The summed E-state index contributed by atoms with van der Waals surface area (Å²) in [5.74, 6) is -0.471. The number of pyridine rings is 2. The van der Waals surface area contributed by atoms with Crippen molar-refractivity contribution in [2.75, 3.05) is 0 Å². The fourth-order valence-electron chi connectivity index (χ4n) is 2.01. The molecule has 3 aromatic heterocycles. The van der Waals surface area contributed by atoms with Gasteiger partial charge in [-0.15, -0.1) is 0 Å². The molecule has 0 aliphatic heterocycles. The molecule has 3 rings (SSSR count). The van der Waals surface area contributed by atoms with E-state index in [-0.39, 0.29) is 0 Å². The van der Waals surface area contributed by atoms with E-state index in [1.807, 2.05) is 6.07 Å². The van der Waals surface area contributed by atoms with Crippen molar-refractivity contribution in [2.45, 2.75) is 0 Å². The Morgan fingerprint density at radius 2 is 2.17 bits per heavy atom. The number of primary amides is 1. The second kappa shape index (κ2) is 3.96. The second-order valence-electron chi connectivity index (χ2n) is 3.89. The summed E-state index contributed by atoms with van der Waals surface area (Å²) in [5, 5.41) is 0.726. The summed E-state index contributed by atoms with van der Waals surface area (Å²) >= 11 is 0. The van der Waals surface area contributed by atoms with Crippen LogP contribution in [0.4, 0.5) is 0 Å². The van der Waals surface area contributed by atoms with Gasteiger partial charge in [0.05, 0.1) is 5.56 Å². The highest BCUT2D eigenvalue weighted by Crippen LogP contribution is 2.27. The Morgan fingerprint density at radius 3 is 2.89 bits per heavy atom. The van der Waals surface area contributed by atoms with Crippen LogP contribution in [-0.4, -0.2) is 20.9 Å². The number of aromatic nitrogens is 3. The fourth-order valence-corrected chi connectivity index (χ4v) is 2.01. The molecular weight excluding hydrogens is 228 g/mol. The summed E-state index contributed by atoms with van der Waals surface area (Å²) in [5.41, 5.74) is 8.11. The van der Waals surface area contributed by atoms with Crippen LogP contribution in [0.15, 0.2) is 43.0 Å². The minimum atomic E-state index is -0.471. The summed E-state index contributed by atoms with van der Waals surface area (Å²) in [7, 11) is 0. The van der Waals surface area contributed by atoms with Crippen molar-refractivity contribution in [1.82, 2.24) is 15.0 Å². The molecule has 5 heteroatoms. The van der Waals surface area contributed by atoms with Gasteiger partial charge in [-0.1, -0.05) is 6.07 Å². The zero-order valence-corrected chi connectivity index (χ0v) is 9.42. The summed E-state index contributed by atoms with van der Waals surface area (Å²) in [6.45, 7) is 0. The minimum Gasteiger partial charge on any atom is -0.366 e. The van der Waals surface area contributed by atoms with Crippen molar-refractivity contribution in [1.29, 1.82) is 0 Å². The highest BCUT2D eigenvalue weighted by Gasteiger charge is 2.15. The Kier molecular flexibility index (Phi) is 2.30. The molecule has 18 heavy (non-hydrogen) atoms. The lowest BCUT2D eigenvalue weighted by Crippen LogP contribution is -2.13. The molecule has 5 nitrogen and oxygen atoms in total. The van der Waals surface area contributed by atoms with Gasteiger partial charge in [-0.3, -0.25) is 9.78 Å². The van der Waals surface area contributed by atoms with E-state index >= 15 is 0 Å². The molecule has 1 amide bonds. The maximum atomic E-state index is 11.7. The minimum absolute atomic E-state index is 0.467. The molecule has 0 spiro atoms. The van der Waals surface area contributed by atoms with Crippen LogP contribution in [0.5, 0.6) is 0 Å². The third kappa shape index (κ3) is 1.53. The lowest BCUT2D eigenvalue weighted by Gasteiger charge is -2.07. The third-order valence-electron chi connectivity index (χ3n) is 2.81. The van der Waals surface area contributed by atoms with E-state index in [2.05, 4.69) is 15.0 Å². The molecule has 0 atom stereocenters. The Labute approximate surface area is 103 Å². The van der Waals surface area contributed by atoms with E-state index in [4.69, 9.17) is 5.73 Å². The third-order valence-corrected chi connectivity index (χ3v) is 2.81. The molecule has 0 aliphatic rings. The molecule has 0 fully saturated rings. The lowest BCUT2D eigenvalue weighted by atomic mass is 10.0. The molecule has 0 saturated heterocycles. The van der Waals surface area contributed by atoms with Gasteiger partial charge in [-0.2, -0.15) is 0 Å². The molecule has 0 aliphatic carbocycles. The maximum absolute atomic E-state index is 11.7. The smallest absolute Gasteiger partial charge is 0.250 e. The number of hydrogen-bond acceptors (Lipinski definition) is 3. The predicted molar refractivity (Wildman–Crippen MR) is 67.8 cm³/mol. The van der Waals surface area contributed by atoms with Crippen LogP contribution in [0.1, 0.15) is 10.4 Å². The van der Waals surface area contributed by atoms with Crippen molar-refractivity contribution in [3.63, 3.8) is 0 Å². The molecular formula is C13H10N4O. The van der Waals surface area contributed by atoms with Crippen LogP contribution < -0.4 is 5.73 Å². The normalized spacial score (nSPS) is 10.7. The lowest BCUT2D eigenvalue weighted by molar-refractivity contribution is 0.100. The Balaban J connectivity index is 2.35. The predicted octanol–water partition coefficient (Wildman–Crippen LogP) is 1.72. The number of carbonyl (C=O) groups is 1. The monoisotopic (exact) mass is 238 g/mol. The van der Waals surface area contributed by atoms with Crippen molar-refractivity contribution in [3.8, 4) is 11.1 Å². The van der Waals surface area contributed by atoms with Crippen molar-refractivity contribution >= 4 is 16.9 Å². The molecule has 0 saturated carbocycles. The number of H-pyrrole nitrogens is 1. The Bertz CT molecular complexity index is 718. The zero-order chi connectivity index (χ0) is 12.5. The SMILES string of the molecule is NC(=O)c1c(-c2cccnc2)cnc2[nH]ccc12. The average molecular weight is 238 g/mol. The Hall–Kier alpha value is -2.69. The highest BCUT2D eigenvalue weighted by atomic mass is 16.1. The summed E-state index contributed by atoms with van der Waals surface area (Å²) in [6.07, 6.45) is 6.73. The first-order chi connectivity index (χ1) is 8.77. The highest BCUT2D eigenvalue weighted by molar-refractivity contribution is 6.10. The van der Waals surface area contributed by atoms with E-state index in [0.29, 0.717) is 16.8 Å².